The standard InChI is InChI=1S/C14H21BrN2/c1-10(2)16-14(17-11(3)4)9-12-6-5-7-13(15)8-12/h5-8,10-11H,9H2,1-4H3,(H,16,17). The van der Waals surface area contributed by atoms with Crippen LogP contribution in [-0.2, 0) is 6.42 Å². The summed E-state index contributed by atoms with van der Waals surface area (Å²) in [5.41, 5.74) is 1.27. The topological polar surface area (TPSA) is 24.4 Å². The van der Waals surface area contributed by atoms with E-state index in [9.17, 15) is 0 Å². The van der Waals surface area contributed by atoms with Crippen LogP contribution in [-0.4, -0.2) is 17.9 Å². The van der Waals surface area contributed by atoms with E-state index in [4.69, 9.17) is 0 Å². The van der Waals surface area contributed by atoms with Crippen molar-refractivity contribution in [1.29, 1.82) is 0 Å². The van der Waals surface area contributed by atoms with Crippen LogP contribution in [0.15, 0.2) is 33.7 Å². The molecule has 0 amide bonds. The summed E-state index contributed by atoms with van der Waals surface area (Å²) in [5, 5.41) is 3.41. The van der Waals surface area contributed by atoms with Crippen molar-refractivity contribution in [3.63, 3.8) is 0 Å². The highest BCUT2D eigenvalue weighted by atomic mass is 79.9. The van der Waals surface area contributed by atoms with Crippen molar-refractivity contribution in [2.24, 2.45) is 4.99 Å². The van der Waals surface area contributed by atoms with Gasteiger partial charge in [-0.2, -0.15) is 0 Å². The van der Waals surface area contributed by atoms with E-state index in [1.807, 2.05) is 6.07 Å². The van der Waals surface area contributed by atoms with Crippen molar-refractivity contribution in [2.75, 3.05) is 0 Å². The Morgan fingerprint density at radius 3 is 2.53 bits per heavy atom. The molecule has 0 aliphatic heterocycles. The highest BCUT2D eigenvalue weighted by Crippen LogP contribution is 2.12. The van der Waals surface area contributed by atoms with Crippen LogP contribution in [0.4, 0.5) is 0 Å². The highest BCUT2D eigenvalue weighted by Gasteiger charge is 2.04. The van der Waals surface area contributed by atoms with Crippen molar-refractivity contribution in [1.82, 2.24) is 5.32 Å². The van der Waals surface area contributed by atoms with Crippen molar-refractivity contribution >= 4 is 21.8 Å². The number of hydrogen-bond acceptors (Lipinski definition) is 1. The van der Waals surface area contributed by atoms with Crippen LogP contribution in [0.25, 0.3) is 0 Å². The molecule has 1 N–H and O–H groups in total. The zero-order chi connectivity index (χ0) is 12.8. The summed E-state index contributed by atoms with van der Waals surface area (Å²) in [5.74, 6) is 1.06. The van der Waals surface area contributed by atoms with Gasteiger partial charge < -0.3 is 5.32 Å². The van der Waals surface area contributed by atoms with Gasteiger partial charge in [0.1, 0.15) is 5.84 Å². The van der Waals surface area contributed by atoms with Crippen LogP contribution in [0, 0.1) is 0 Å². The van der Waals surface area contributed by atoms with Crippen LogP contribution in [0.5, 0.6) is 0 Å². The number of nitrogens with one attached hydrogen (secondary N) is 1. The lowest BCUT2D eigenvalue weighted by atomic mass is 10.1. The van der Waals surface area contributed by atoms with Gasteiger partial charge in [0.15, 0.2) is 0 Å². The minimum Gasteiger partial charge on any atom is -0.371 e. The van der Waals surface area contributed by atoms with E-state index in [2.05, 4.69) is 72.1 Å². The lowest BCUT2D eigenvalue weighted by Crippen LogP contribution is -2.32. The second-order valence-electron chi connectivity index (χ2n) is 4.78. The quantitative estimate of drug-likeness (QED) is 0.663. The van der Waals surface area contributed by atoms with Crippen LogP contribution in [0.3, 0.4) is 0 Å². The Morgan fingerprint density at radius 2 is 2.00 bits per heavy atom. The molecule has 0 heterocycles. The third-order valence-electron chi connectivity index (χ3n) is 2.13. The van der Waals surface area contributed by atoms with Crippen LogP contribution in [0.2, 0.25) is 0 Å². The molecule has 0 unspecified atom stereocenters. The van der Waals surface area contributed by atoms with Gasteiger partial charge in [0, 0.05) is 23.0 Å². The summed E-state index contributed by atoms with van der Waals surface area (Å²) in [6.45, 7) is 8.47. The first-order valence-electron chi connectivity index (χ1n) is 6.05. The molecule has 0 saturated carbocycles. The zero-order valence-electron chi connectivity index (χ0n) is 11.0. The van der Waals surface area contributed by atoms with Crippen LogP contribution in [0.1, 0.15) is 33.3 Å². The number of aliphatic imine (C=N–C) groups is 1. The van der Waals surface area contributed by atoms with E-state index in [0.717, 1.165) is 16.7 Å². The Balaban J connectivity index is 2.79. The van der Waals surface area contributed by atoms with E-state index in [1.54, 1.807) is 0 Å². The first-order valence-corrected chi connectivity index (χ1v) is 6.84. The maximum Gasteiger partial charge on any atom is 0.101 e. The Hall–Kier alpha value is -0.830. The molecule has 3 heteroatoms. The average molecular weight is 297 g/mol. The fraction of sp³-hybridized carbons (Fsp3) is 0.500. The van der Waals surface area contributed by atoms with E-state index < -0.39 is 0 Å². The Morgan fingerprint density at radius 1 is 1.29 bits per heavy atom. The predicted octanol–water partition coefficient (Wildman–Crippen LogP) is 3.80. The lowest BCUT2D eigenvalue weighted by Gasteiger charge is -2.14. The number of nitrogens with zero attached hydrogens (tertiary/aromatic N) is 1. The lowest BCUT2D eigenvalue weighted by molar-refractivity contribution is 0.709. The van der Waals surface area contributed by atoms with Crippen LogP contribution < -0.4 is 5.32 Å². The molecule has 1 aromatic carbocycles. The Kier molecular flexibility index (Phi) is 5.69. The summed E-state index contributed by atoms with van der Waals surface area (Å²) in [6, 6.07) is 9.10. The largest absolute Gasteiger partial charge is 0.371 e. The van der Waals surface area contributed by atoms with E-state index in [1.165, 1.54) is 5.56 Å². The predicted molar refractivity (Wildman–Crippen MR) is 78.7 cm³/mol. The van der Waals surface area contributed by atoms with Crippen LogP contribution >= 0.6 is 15.9 Å². The highest BCUT2D eigenvalue weighted by molar-refractivity contribution is 9.10. The SMILES string of the molecule is CC(C)N=C(Cc1cccc(Br)c1)NC(C)C. The van der Waals surface area contributed by atoms with Gasteiger partial charge in [0.05, 0.1) is 0 Å². The van der Waals surface area contributed by atoms with Gasteiger partial charge >= 0.3 is 0 Å². The number of hydrogen-bond donors (Lipinski definition) is 1. The van der Waals surface area contributed by atoms with Gasteiger partial charge in [-0.25, -0.2) is 0 Å². The average Bonchev–Trinajstić information content (AvgIpc) is 2.14. The third kappa shape index (κ3) is 5.87. The Bertz CT molecular complexity index is 384. The second-order valence-corrected chi connectivity index (χ2v) is 5.69. The molecule has 1 rings (SSSR count). The van der Waals surface area contributed by atoms with Gasteiger partial charge in [0.25, 0.3) is 0 Å². The molecule has 2 nitrogen and oxygen atoms in total. The smallest absolute Gasteiger partial charge is 0.101 e. The molecular weight excluding hydrogens is 276 g/mol. The number of halogens is 1. The summed E-state index contributed by atoms with van der Waals surface area (Å²) in [6.07, 6.45) is 0.857. The van der Waals surface area contributed by atoms with Gasteiger partial charge in [0.2, 0.25) is 0 Å². The summed E-state index contributed by atoms with van der Waals surface area (Å²) in [4.78, 5) is 4.63. The molecule has 0 aliphatic rings. The number of benzene rings is 1. The third-order valence-corrected chi connectivity index (χ3v) is 2.62. The minimum absolute atomic E-state index is 0.323. The summed E-state index contributed by atoms with van der Waals surface area (Å²) < 4.78 is 1.11. The molecule has 94 valence electrons. The van der Waals surface area contributed by atoms with Crippen molar-refractivity contribution in [3.8, 4) is 0 Å². The monoisotopic (exact) mass is 296 g/mol. The summed E-state index contributed by atoms with van der Waals surface area (Å²) >= 11 is 3.49. The van der Waals surface area contributed by atoms with Gasteiger partial charge in [-0.15, -0.1) is 0 Å². The normalized spacial score (nSPS) is 12.3. The molecule has 0 radical (unpaired) electrons. The maximum atomic E-state index is 4.63. The second kappa shape index (κ2) is 6.80. The Labute approximate surface area is 113 Å². The fourth-order valence-corrected chi connectivity index (χ4v) is 2.07. The molecule has 0 saturated heterocycles. The fourth-order valence-electron chi connectivity index (χ4n) is 1.62. The van der Waals surface area contributed by atoms with Gasteiger partial charge in [-0.1, -0.05) is 28.1 Å². The first kappa shape index (κ1) is 14.2. The van der Waals surface area contributed by atoms with Crippen molar-refractivity contribution in [2.45, 2.75) is 46.2 Å². The molecule has 0 bridgehead atoms. The zero-order valence-corrected chi connectivity index (χ0v) is 12.6. The maximum absolute atomic E-state index is 4.63. The number of rotatable bonds is 4. The molecular formula is C14H21BrN2. The molecule has 0 aromatic heterocycles. The number of amidine groups is 1. The van der Waals surface area contributed by atoms with E-state index in [0.29, 0.717) is 12.1 Å². The van der Waals surface area contributed by atoms with Crippen molar-refractivity contribution < 1.29 is 0 Å². The van der Waals surface area contributed by atoms with Crippen molar-refractivity contribution in [3.05, 3.63) is 34.3 Å². The molecule has 0 aliphatic carbocycles. The summed E-state index contributed by atoms with van der Waals surface area (Å²) in [7, 11) is 0. The minimum atomic E-state index is 0.323. The first-order chi connectivity index (χ1) is 7.97. The van der Waals surface area contributed by atoms with E-state index in [-0.39, 0.29) is 0 Å². The molecule has 0 fully saturated rings. The van der Waals surface area contributed by atoms with E-state index >= 15 is 0 Å². The molecule has 17 heavy (non-hydrogen) atoms. The molecule has 1 aromatic rings. The van der Waals surface area contributed by atoms with Gasteiger partial charge in [-0.05, 0) is 45.4 Å². The van der Waals surface area contributed by atoms with Gasteiger partial charge in [-0.3, -0.25) is 4.99 Å². The molecule has 0 spiro atoms. The molecule has 0 atom stereocenters.